The SMILES string of the molecule is c1ccc(-c2ccc(-c3c4ccccc4c(-c4ccc(-c5ccccn5)cc4)c4cc(-c5ccc(-c6cccc7ccccc67)cc5)ccc34)cc2)nc1. The first-order chi connectivity index (χ1) is 26.8. The Balaban J connectivity index is 1.16. The zero-order valence-electron chi connectivity index (χ0n) is 29.5. The van der Waals surface area contributed by atoms with E-state index in [1.165, 1.54) is 76.8 Å². The number of rotatable bonds is 6. The lowest BCUT2D eigenvalue weighted by molar-refractivity contribution is 1.33. The van der Waals surface area contributed by atoms with Crippen LogP contribution in [0.2, 0.25) is 0 Å². The van der Waals surface area contributed by atoms with Crippen molar-refractivity contribution in [2.24, 2.45) is 0 Å². The third kappa shape index (κ3) is 5.62. The molecule has 0 saturated heterocycles. The minimum Gasteiger partial charge on any atom is -0.256 e. The topological polar surface area (TPSA) is 25.8 Å². The maximum atomic E-state index is 4.60. The van der Waals surface area contributed by atoms with Gasteiger partial charge in [0.2, 0.25) is 0 Å². The maximum absolute atomic E-state index is 4.60. The predicted octanol–water partition coefficient (Wildman–Crippen LogP) is 13.9. The fraction of sp³-hybridized carbons (Fsp3) is 0. The number of nitrogens with zero attached hydrogens (tertiary/aromatic N) is 2. The van der Waals surface area contributed by atoms with E-state index in [9.17, 15) is 0 Å². The van der Waals surface area contributed by atoms with Crippen LogP contribution in [0.5, 0.6) is 0 Å². The summed E-state index contributed by atoms with van der Waals surface area (Å²) in [5.74, 6) is 0. The second kappa shape index (κ2) is 13.4. The Morgan fingerprint density at radius 2 is 0.704 bits per heavy atom. The summed E-state index contributed by atoms with van der Waals surface area (Å²) < 4.78 is 0. The van der Waals surface area contributed by atoms with Gasteiger partial charge in [-0.25, -0.2) is 0 Å². The Morgan fingerprint density at radius 3 is 1.30 bits per heavy atom. The molecule has 2 heteroatoms. The van der Waals surface area contributed by atoms with Crippen LogP contribution in [0.15, 0.2) is 207 Å². The van der Waals surface area contributed by atoms with E-state index in [0.29, 0.717) is 0 Å². The summed E-state index contributed by atoms with van der Waals surface area (Å²) in [4.78, 5) is 9.20. The van der Waals surface area contributed by atoms with E-state index in [1.807, 2.05) is 36.7 Å². The van der Waals surface area contributed by atoms with Gasteiger partial charge in [-0.3, -0.25) is 9.97 Å². The Labute approximate surface area is 314 Å². The van der Waals surface area contributed by atoms with Crippen molar-refractivity contribution >= 4 is 32.3 Å². The van der Waals surface area contributed by atoms with Gasteiger partial charge in [0, 0.05) is 23.5 Å². The standard InChI is InChI=1S/C52H34N2/c1-2-12-43-36(10-1)11-9-15-44(43)37-20-18-35(19-21-37)42-30-31-47-48(34-42)52(41-28-24-39(25-29-41)50-17-6-8-33-54-50)46-14-4-3-13-45(46)51(47)40-26-22-38(23-27-40)49-16-5-7-32-53-49/h1-34H. The highest BCUT2D eigenvalue weighted by molar-refractivity contribution is 6.22. The molecule has 2 nitrogen and oxygen atoms in total. The molecule has 0 unspecified atom stereocenters. The average Bonchev–Trinajstić information content (AvgIpc) is 3.26. The van der Waals surface area contributed by atoms with E-state index < -0.39 is 0 Å². The number of fused-ring (bicyclic) bond motifs is 3. The molecule has 0 aliphatic rings. The van der Waals surface area contributed by atoms with Crippen LogP contribution in [0, 0.1) is 0 Å². The quantitative estimate of drug-likeness (QED) is 0.163. The molecule has 10 aromatic rings. The first kappa shape index (κ1) is 31.6. The van der Waals surface area contributed by atoms with Crippen molar-refractivity contribution in [1.29, 1.82) is 0 Å². The van der Waals surface area contributed by atoms with Crippen LogP contribution in [-0.2, 0) is 0 Å². The van der Waals surface area contributed by atoms with Crippen molar-refractivity contribution < 1.29 is 0 Å². The summed E-state index contributed by atoms with van der Waals surface area (Å²) in [6, 6.07) is 69.9. The Bertz CT molecular complexity index is 2930. The van der Waals surface area contributed by atoms with Crippen LogP contribution >= 0.6 is 0 Å². The fourth-order valence-electron chi connectivity index (χ4n) is 7.98. The molecule has 0 aliphatic carbocycles. The molecule has 2 aromatic heterocycles. The predicted molar refractivity (Wildman–Crippen MR) is 227 cm³/mol. The highest BCUT2D eigenvalue weighted by Crippen LogP contribution is 2.45. The first-order valence-corrected chi connectivity index (χ1v) is 18.4. The normalized spacial score (nSPS) is 11.3. The molecule has 0 bridgehead atoms. The minimum atomic E-state index is 0.970. The second-order valence-corrected chi connectivity index (χ2v) is 13.7. The van der Waals surface area contributed by atoms with Gasteiger partial charge < -0.3 is 0 Å². The molecule has 0 radical (unpaired) electrons. The van der Waals surface area contributed by atoms with Crippen molar-refractivity contribution in [2.75, 3.05) is 0 Å². The maximum Gasteiger partial charge on any atom is 0.0701 e. The van der Waals surface area contributed by atoms with Gasteiger partial charge in [-0.1, -0.05) is 164 Å². The summed E-state index contributed by atoms with van der Waals surface area (Å²) >= 11 is 0. The van der Waals surface area contributed by atoms with Crippen LogP contribution < -0.4 is 0 Å². The summed E-state index contributed by atoms with van der Waals surface area (Å²) in [5.41, 5.74) is 13.8. The van der Waals surface area contributed by atoms with Crippen molar-refractivity contribution in [3.05, 3.63) is 207 Å². The number of hydrogen-bond acceptors (Lipinski definition) is 2. The van der Waals surface area contributed by atoms with Gasteiger partial charge in [0.15, 0.2) is 0 Å². The average molecular weight is 687 g/mol. The smallest absolute Gasteiger partial charge is 0.0701 e. The van der Waals surface area contributed by atoms with Gasteiger partial charge in [-0.2, -0.15) is 0 Å². The van der Waals surface area contributed by atoms with Crippen LogP contribution in [0.4, 0.5) is 0 Å². The molecule has 0 N–H and O–H groups in total. The number of pyridine rings is 2. The van der Waals surface area contributed by atoms with E-state index >= 15 is 0 Å². The Morgan fingerprint density at radius 1 is 0.259 bits per heavy atom. The monoisotopic (exact) mass is 686 g/mol. The van der Waals surface area contributed by atoms with Crippen LogP contribution in [-0.4, -0.2) is 9.97 Å². The molecule has 0 aliphatic heterocycles. The van der Waals surface area contributed by atoms with Gasteiger partial charge in [0.25, 0.3) is 0 Å². The van der Waals surface area contributed by atoms with Crippen molar-refractivity contribution in [2.45, 2.75) is 0 Å². The lowest BCUT2D eigenvalue weighted by atomic mass is 9.84. The van der Waals surface area contributed by atoms with Crippen LogP contribution in [0.25, 0.3) is 99.3 Å². The van der Waals surface area contributed by atoms with Crippen molar-refractivity contribution in [3.63, 3.8) is 0 Å². The van der Waals surface area contributed by atoms with Crippen LogP contribution in [0.3, 0.4) is 0 Å². The molecule has 0 fully saturated rings. The van der Waals surface area contributed by atoms with Crippen molar-refractivity contribution in [3.8, 4) is 67.0 Å². The molecule has 0 amide bonds. The molecule has 0 atom stereocenters. The molecular weight excluding hydrogens is 653 g/mol. The summed E-state index contributed by atoms with van der Waals surface area (Å²) in [7, 11) is 0. The van der Waals surface area contributed by atoms with Gasteiger partial charge in [-0.05, 0) is 107 Å². The third-order valence-electron chi connectivity index (χ3n) is 10.6. The minimum absolute atomic E-state index is 0.970. The summed E-state index contributed by atoms with van der Waals surface area (Å²) in [6.45, 7) is 0. The Kier molecular flexibility index (Phi) is 7.85. The largest absolute Gasteiger partial charge is 0.256 e. The van der Waals surface area contributed by atoms with E-state index in [4.69, 9.17) is 0 Å². The van der Waals surface area contributed by atoms with E-state index in [-0.39, 0.29) is 0 Å². The number of aromatic nitrogens is 2. The molecule has 8 aromatic carbocycles. The zero-order chi connectivity index (χ0) is 35.8. The molecule has 0 saturated carbocycles. The molecule has 0 spiro atoms. The molecule has 252 valence electrons. The van der Waals surface area contributed by atoms with Gasteiger partial charge >= 0.3 is 0 Å². The fourth-order valence-corrected chi connectivity index (χ4v) is 7.98. The van der Waals surface area contributed by atoms with Gasteiger partial charge in [-0.15, -0.1) is 0 Å². The third-order valence-corrected chi connectivity index (χ3v) is 10.6. The summed E-state index contributed by atoms with van der Waals surface area (Å²) in [5, 5.41) is 7.42. The van der Waals surface area contributed by atoms with E-state index in [2.05, 4.69) is 180 Å². The lowest BCUT2D eigenvalue weighted by Gasteiger charge is -2.19. The van der Waals surface area contributed by atoms with E-state index in [1.54, 1.807) is 0 Å². The van der Waals surface area contributed by atoms with Crippen molar-refractivity contribution in [1.82, 2.24) is 9.97 Å². The second-order valence-electron chi connectivity index (χ2n) is 13.7. The molecule has 10 rings (SSSR count). The van der Waals surface area contributed by atoms with Gasteiger partial charge in [0.1, 0.15) is 0 Å². The number of benzene rings is 8. The van der Waals surface area contributed by atoms with E-state index in [0.717, 1.165) is 22.5 Å². The number of hydrogen-bond donors (Lipinski definition) is 0. The first-order valence-electron chi connectivity index (χ1n) is 18.4. The highest BCUT2D eigenvalue weighted by atomic mass is 14.7. The lowest BCUT2D eigenvalue weighted by Crippen LogP contribution is -1.92. The molecule has 54 heavy (non-hydrogen) atoms. The molecular formula is C52H34N2. The zero-order valence-corrected chi connectivity index (χ0v) is 29.5. The Hall–Kier alpha value is -7.16. The summed E-state index contributed by atoms with van der Waals surface area (Å²) in [6.07, 6.45) is 3.70. The van der Waals surface area contributed by atoms with Gasteiger partial charge in [0.05, 0.1) is 11.4 Å². The molecule has 2 heterocycles. The highest BCUT2D eigenvalue weighted by Gasteiger charge is 2.18. The van der Waals surface area contributed by atoms with Crippen LogP contribution in [0.1, 0.15) is 0 Å².